The number of amides is 2. The normalized spacial score (nSPS) is 14.1. The predicted octanol–water partition coefficient (Wildman–Crippen LogP) is 5.43. The van der Waals surface area contributed by atoms with Crippen LogP contribution in [0.3, 0.4) is 0 Å². The van der Waals surface area contributed by atoms with Crippen LogP contribution in [-0.4, -0.2) is 42.5 Å². The first-order chi connectivity index (χ1) is 18.0. The third-order valence-corrected chi connectivity index (χ3v) is 6.89. The Morgan fingerprint density at radius 3 is 2.35 bits per heavy atom. The molecular weight excluding hydrogens is 488 g/mol. The van der Waals surface area contributed by atoms with Crippen molar-refractivity contribution in [3.05, 3.63) is 95.0 Å². The molecule has 0 bridgehead atoms. The average Bonchev–Trinajstić information content (AvgIpc) is 3.44. The lowest BCUT2D eigenvalue weighted by molar-refractivity contribution is -0.143. The Morgan fingerprint density at radius 2 is 1.65 bits per heavy atom. The number of carbonyl (C=O) groups is 2. The van der Waals surface area contributed by atoms with Crippen LogP contribution in [0.4, 0.5) is 0 Å². The van der Waals surface area contributed by atoms with Gasteiger partial charge >= 0.3 is 0 Å². The van der Waals surface area contributed by atoms with Gasteiger partial charge < -0.3 is 19.7 Å². The van der Waals surface area contributed by atoms with Crippen LogP contribution in [0.5, 0.6) is 11.5 Å². The molecule has 1 aliphatic rings. The average molecular weight is 521 g/mol. The molecule has 37 heavy (non-hydrogen) atoms. The van der Waals surface area contributed by atoms with E-state index in [0.29, 0.717) is 22.9 Å². The van der Waals surface area contributed by atoms with E-state index in [1.807, 2.05) is 54.6 Å². The van der Waals surface area contributed by atoms with Crippen molar-refractivity contribution in [3.63, 3.8) is 0 Å². The molecule has 1 N–H and O–H groups in total. The number of hydrogen-bond donors (Lipinski definition) is 1. The Balaban J connectivity index is 1.61. The first-order valence-electron chi connectivity index (χ1n) is 12.7. The van der Waals surface area contributed by atoms with Gasteiger partial charge in [0.25, 0.3) is 5.91 Å². The van der Waals surface area contributed by atoms with Crippen LogP contribution >= 0.6 is 11.6 Å². The Morgan fingerprint density at radius 1 is 0.946 bits per heavy atom. The van der Waals surface area contributed by atoms with Gasteiger partial charge in [-0.05, 0) is 60.4 Å². The number of ether oxygens (including phenoxy) is 2. The summed E-state index contributed by atoms with van der Waals surface area (Å²) in [6.45, 7) is 0.0448. The molecule has 194 valence electrons. The molecule has 1 aliphatic carbocycles. The van der Waals surface area contributed by atoms with Crippen LogP contribution in [0.15, 0.2) is 78.9 Å². The molecule has 1 saturated carbocycles. The van der Waals surface area contributed by atoms with Crippen molar-refractivity contribution in [3.8, 4) is 11.5 Å². The van der Waals surface area contributed by atoms with Gasteiger partial charge in [-0.3, -0.25) is 9.59 Å². The molecule has 0 saturated heterocycles. The number of rotatable bonds is 11. The second-order valence-corrected chi connectivity index (χ2v) is 9.75. The molecule has 6 nitrogen and oxygen atoms in total. The Kier molecular flexibility index (Phi) is 9.44. The van der Waals surface area contributed by atoms with Crippen molar-refractivity contribution >= 4 is 23.4 Å². The molecule has 0 spiro atoms. The molecule has 4 rings (SSSR count). The summed E-state index contributed by atoms with van der Waals surface area (Å²) in [5, 5.41) is 3.80. The van der Waals surface area contributed by atoms with E-state index in [4.69, 9.17) is 21.1 Å². The Hall–Kier alpha value is -3.51. The third-order valence-electron chi connectivity index (χ3n) is 6.64. The van der Waals surface area contributed by atoms with Crippen LogP contribution in [-0.2, 0) is 22.6 Å². The van der Waals surface area contributed by atoms with Gasteiger partial charge in [0.15, 0.2) is 6.61 Å². The van der Waals surface area contributed by atoms with E-state index in [9.17, 15) is 9.59 Å². The van der Waals surface area contributed by atoms with Crippen molar-refractivity contribution in [2.24, 2.45) is 0 Å². The zero-order chi connectivity index (χ0) is 26.0. The van der Waals surface area contributed by atoms with E-state index >= 15 is 0 Å². The SMILES string of the molecule is COc1cccc(CN(C(=O)COc2ccc(Cl)cc2)[C@@H](Cc2ccccc2)C(=O)NC2CCCC2)c1. The minimum Gasteiger partial charge on any atom is -0.497 e. The summed E-state index contributed by atoms with van der Waals surface area (Å²) in [6, 6.07) is 23.6. The quantitative estimate of drug-likeness (QED) is 0.366. The van der Waals surface area contributed by atoms with E-state index in [-0.39, 0.29) is 31.0 Å². The number of benzene rings is 3. The molecule has 3 aromatic carbocycles. The number of methoxy groups -OCH3 is 1. The fourth-order valence-corrected chi connectivity index (χ4v) is 4.77. The summed E-state index contributed by atoms with van der Waals surface area (Å²) in [5.74, 6) is 0.810. The molecule has 0 heterocycles. The van der Waals surface area contributed by atoms with E-state index in [1.165, 1.54) is 0 Å². The monoisotopic (exact) mass is 520 g/mol. The largest absolute Gasteiger partial charge is 0.497 e. The van der Waals surface area contributed by atoms with Gasteiger partial charge in [0.2, 0.25) is 5.91 Å². The second kappa shape index (κ2) is 13.2. The summed E-state index contributed by atoms with van der Waals surface area (Å²) in [5.41, 5.74) is 1.85. The zero-order valence-corrected chi connectivity index (χ0v) is 21.8. The lowest BCUT2D eigenvalue weighted by Gasteiger charge is -2.32. The van der Waals surface area contributed by atoms with Crippen molar-refractivity contribution in [2.45, 2.75) is 50.7 Å². The third kappa shape index (κ3) is 7.73. The van der Waals surface area contributed by atoms with E-state index in [1.54, 1.807) is 36.3 Å². The highest BCUT2D eigenvalue weighted by Gasteiger charge is 2.32. The van der Waals surface area contributed by atoms with Gasteiger partial charge in [-0.25, -0.2) is 0 Å². The van der Waals surface area contributed by atoms with Gasteiger partial charge in [0.1, 0.15) is 17.5 Å². The van der Waals surface area contributed by atoms with Gasteiger partial charge in [0.05, 0.1) is 7.11 Å². The van der Waals surface area contributed by atoms with E-state index in [2.05, 4.69) is 5.32 Å². The molecule has 3 aromatic rings. The van der Waals surface area contributed by atoms with Gasteiger partial charge in [-0.15, -0.1) is 0 Å². The smallest absolute Gasteiger partial charge is 0.261 e. The van der Waals surface area contributed by atoms with Crippen molar-refractivity contribution in [2.75, 3.05) is 13.7 Å². The number of nitrogens with one attached hydrogen (secondary N) is 1. The number of carbonyl (C=O) groups excluding carboxylic acids is 2. The van der Waals surface area contributed by atoms with Crippen molar-refractivity contribution in [1.29, 1.82) is 0 Å². The first-order valence-corrected chi connectivity index (χ1v) is 13.0. The first kappa shape index (κ1) is 26.6. The van der Waals surface area contributed by atoms with Crippen LogP contribution in [0, 0.1) is 0 Å². The second-order valence-electron chi connectivity index (χ2n) is 9.31. The maximum absolute atomic E-state index is 13.7. The lowest BCUT2D eigenvalue weighted by atomic mass is 10.0. The molecule has 0 unspecified atom stereocenters. The predicted molar refractivity (Wildman–Crippen MR) is 145 cm³/mol. The van der Waals surface area contributed by atoms with Gasteiger partial charge in [0, 0.05) is 24.0 Å². The highest BCUT2D eigenvalue weighted by Crippen LogP contribution is 2.22. The fraction of sp³-hybridized carbons (Fsp3) is 0.333. The van der Waals surface area contributed by atoms with Crippen LogP contribution in [0.1, 0.15) is 36.8 Å². The molecular formula is C30H33ClN2O4. The van der Waals surface area contributed by atoms with Crippen LogP contribution in [0.25, 0.3) is 0 Å². The maximum Gasteiger partial charge on any atom is 0.261 e. The Labute approximate surface area is 223 Å². The fourth-order valence-electron chi connectivity index (χ4n) is 4.65. The molecule has 0 radical (unpaired) electrons. The zero-order valence-electron chi connectivity index (χ0n) is 21.1. The molecule has 0 aromatic heterocycles. The minimum absolute atomic E-state index is 0.140. The molecule has 1 atom stereocenters. The van der Waals surface area contributed by atoms with Crippen LogP contribution in [0.2, 0.25) is 5.02 Å². The minimum atomic E-state index is -0.699. The summed E-state index contributed by atoms with van der Waals surface area (Å²) < 4.78 is 11.2. The van der Waals surface area contributed by atoms with Gasteiger partial charge in [-0.1, -0.05) is 66.9 Å². The summed E-state index contributed by atoms with van der Waals surface area (Å²) in [6.07, 6.45) is 4.54. The van der Waals surface area contributed by atoms with Gasteiger partial charge in [-0.2, -0.15) is 0 Å². The maximum atomic E-state index is 13.7. The Bertz CT molecular complexity index is 1160. The van der Waals surface area contributed by atoms with Crippen LogP contribution < -0.4 is 14.8 Å². The summed E-state index contributed by atoms with van der Waals surface area (Å²) in [4.78, 5) is 29.0. The lowest BCUT2D eigenvalue weighted by Crippen LogP contribution is -2.53. The standard InChI is InChI=1S/C30H33ClN2O4/c1-36-27-13-7-10-23(18-27)20-33(29(34)21-37-26-16-14-24(31)15-17-26)28(19-22-8-3-2-4-9-22)30(35)32-25-11-5-6-12-25/h2-4,7-10,13-18,25,28H,5-6,11-12,19-21H2,1H3,(H,32,35)/t28-/m0/s1. The highest BCUT2D eigenvalue weighted by molar-refractivity contribution is 6.30. The summed E-state index contributed by atoms with van der Waals surface area (Å²) in [7, 11) is 1.61. The van der Waals surface area contributed by atoms with Crippen molar-refractivity contribution in [1.82, 2.24) is 10.2 Å². The van der Waals surface area contributed by atoms with Crippen molar-refractivity contribution < 1.29 is 19.1 Å². The molecule has 7 heteroatoms. The number of halogens is 1. The molecule has 2 amide bonds. The summed E-state index contributed by atoms with van der Waals surface area (Å²) >= 11 is 5.98. The number of hydrogen-bond acceptors (Lipinski definition) is 4. The number of nitrogens with zero attached hydrogens (tertiary/aromatic N) is 1. The topological polar surface area (TPSA) is 67.9 Å². The highest BCUT2D eigenvalue weighted by atomic mass is 35.5. The van der Waals surface area contributed by atoms with E-state index < -0.39 is 6.04 Å². The van der Waals surface area contributed by atoms with E-state index in [0.717, 1.165) is 36.8 Å². The molecule has 0 aliphatic heterocycles. The molecule has 1 fully saturated rings.